The van der Waals surface area contributed by atoms with Gasteiger partial charge in [-0.1, -0.05) is 70.2 Å². The van der Waals surface area contributed by atoms with Gasteiger partial charge in [0, 0.05) is 5.69 Å². The largest absolute Gasteiger partial charge is 0.506 e. The highest BCUT2D eigenvalue weighted by Gasteiger charge is 2.47. The third-order valence-electron chi connectivity index (χ3n) is 6.87. The van der Waals surface area contributed by atoms with Gasteiger partial charge in [0.2, 0.25) is 0 Å². The molecule has 192 valence electrons. The summed E-state index contributed by atoms with van der Waals surface area (Å²) in [6.07, 6.45) is 0. The Morgan fingerprint density at radius 3 is 1.73 bits per heavy atom. The quantitative estimate of drug-likeness (QED) is 0.226. The van der Waals surface area contributed by atoms with Gasteiger partial charge in [-0.3, -0.25) is 14.5 Å². The van der Waals surface area contributed by atoms with E-state index in [1.54, 1.807) is 18.2 Å². The highest BCUT2D eigenvalue weighted by Crippen LogP contribution is 2.45. The van der Waals surface area contributed by atoms with E-state index in [9.17, 15) is 14.7 Å². The van der Waals surface area contributed by atoms with Crippen LogP contribution in [0.5, 0.6) is 11.5 Å². The van der Waals surface area contributed by atoms with E-state index < -0.39 is 17.7 Å². The van der Waals surface area contributed by atoms with Gasteiger partial charge in [0.25, 0.3) is 11.7 Å². The monoisotopic (exact) mass is 499 g/mol. The van der Waals surface area contributed by atoms with Crippen LogP contribution in [0.2, 0.25) is 0 Å². The number of ketones is 1. The second-order valence-corrected chi connectivity index (χ2v) is 9.77. The van der Waals surface area contributed by atoms with Crippen LogP contribution in [-0.2, 0) is 9.59 Å². The fourth-order valence-electron chi connectivity index (χ4n) is 4.72. The zero-order valence-electron chi connectivity index (χ0n) is 22.1. The molecule has 1 atom stereocenters. The molecule has 6 heteroatoms. The first-order valence-corrected chi connectivity index (χ1v) is 12.4. The fraction of sp³-hybridized carbons (Fsp3) is 0.290. The van der Waals surface area contributed by atoms with Crippen molar-refractivity contribution in [3.63, 3.8) is 0 Å². The van der Waals surface area contributed by atoms with Crippen LogP contribution < -0.4 is 14.4 Å². The molecule has 1 fully saturated rings. The normalized spacial score (nSPS) is 17.1. The molecular weight excluding hydrogens is 466 g/mol. The number of ether oxygens (including phenoxy) is 2. The number of carbonyl (C=O) groups excluding carboxylic acids is 2. The number of amides is 1. The van der Waals surface area contributed by atoms with Crippen LogP contribution in [-0.4, -0.2) is 31.0 Å². The molecule has 1 N–H and O–H groups in total. The lowest BCUT2D eigenvalue weighted by Gasteiger charge is -2.26. The predicted octanol–water partition coefficient (Wildman–Crippen LogP) is 6.58. The molecule has 1 aliphatic rings. The molecule has 1 aliphatic heterocycles. The molecule has 0 spiro atoms. The van der Waals surface area contributed by atoms with E-state index in [-0.39, 0.29) is 16.9 Å². The van der Waals surface area contributed by atoms with Crippen molar-refractivity contribution >= 4 is 23.1 Å². The Labute approximate surface area is 218 Å². The fourth-order valence-corrected chi connectivity index (χ4v) is 4.72. The minimum absolute atomic E-state index is 0.0157. The maximum Gasteiger partial charge on any atom is 0.300 e. The molecule has 37 heavy (non-hydrogen) atoms. The lowest BCUT2D eigenvalue weighted by atomic mass is 9.92. The van der Waals surface area contributed by atoms with Crippen molar-refractivity contribution in [1.29, 1.82) is 0 Å². The van der Waals surface area contributed by atoms with Gasteiger partial charge < -0.3 is 14.6 Å². The molecule has 1 saturated heterocycles. The number of aliphatic hydroxyl groups is 1. The van der Waals surface area contributed by atoms with Crippen LogP contribution >= 0.6 is 0 Å². The number of anilines is 1. The Hall–Kier alpha value is -4.06. The van der Waals surface area contributed by atoms with Gasteiger partial charge >= 0.3 is 0 Å². The molecule has 3 aromatic carbocycles. The summed E-state index contributed by atoms with van der Waals surface area (Å²) in [5.74, 6) is -0.506. The summed E-state index contributed by atoms with van der Waals surface area (Å²) in [4.78, 5) is 28.5. The molecule has 0 saturated carbocycles. The Morgan fingerprint density at radius 2 is 1.27 bits per heavy atom. The number of hydrogen-bond donors (Lipinski definition) is 1. The van der Waals surface area contributed by atoms with Crippen LogP contribution in [0.15, 0.2) is 72.3 Å². The maximum absolute atomic E-state index is 13.5. The minimum atomic E-state index is -0.833. The molecule has 0 aromatic heterocycles. The molecular formula is C31H33NO5. The van der Waals surface area contributed by atoms with Gasteiger partial charge in [-0.2, -0.15) is 0 Å². The first kappa shape index (κ1) is 26.0. The smallest absolute Gasteiger partial charge is 0.300 e. The van der Waals surface area contributed by atoms with E-state index in [1.807, 2.05) is 48.5 Å². The first-order chi connectivity index (χ1) is 17.7. The van der Waals surface area contributed by atoms with Crippen LogP contribution in [0, 0.1) is 0 Å². The number of nitrogens with zero attached hydrogens (tertiary/aromatic N) is 1. The Kier molecular flexibility index (Phi) is 7.39. The number of hydrogen-bond acceptors (Lipinski definition) is 5. The topological polar surface area (TPSA) is 76.1 Å². The molecule has 0 aliphatic carbocycles. The molecule has 1 heterocycles. The third-order valence-corrected chi connectivity index (χ3v) is 6.87. The van der Waals surface area contributed by atoms with Gasteiger partial charge in [-0.25, -0.2) is 0 Å². The summed E-state index contributed by atoms with van der Waals surface area (Å²) in [6.45, 7) is 8.40. The number of benzene rings is 3. The number of methoxy groups -OCH3 is 2. The zero-order valence-corrected chi connectivity index (χ0v) is 22.1. The summed E-state index contributed by atoms with van der Waals surface area (Å²) in [7, 11) is 2.95. The molecule has 6 nitrogen and oxygen atoms in total. The van der Waals surface area contributed by atoms with Crippen molar-refractivity contribution in [2.45, 2.75) is 45.6 Å². The summed E-state index contributed by atoms with van der Waals surface area (Å²) >= 11 is 0. The summed E-state index contributed by atoms with van der Waals surface area (Å²) in [5, 5.41) is 11.6. The van der Waals surface area contributed by atoms with E-state index in [0.717, 1.165) is 11.1 Å². The number of rotatable bonds is 7. The zero-order chi connectivity index (χ0) is 26.9. The molecule has 0 bridgehead atoms. The average molecular weight is 500 g/mol. The summed E-state index contributed by atoms with van der Waals surface area (Å²) in [5.41, 5.74) is 3.76. The Balaban J connectivity index is 1.97. The molecule has 1 unspecified atom stereocenters. The van der Waals surface area contributed by atoms with Crippen molar-refractivity contribution in [3.05, 3.63) is 94.6 Å². The van der Waals surface area contributed by atoms with Crippen molar-refractivity contribution in [2.24, 2.45) is 0 Å². The van der Waals surface area contributed by atoms with Crippen LogP contribution in [0.4, 0.5) is 5.69 Å². The Bertz CT molecular complexity index is 1310. The molecule has 0 radical (unpaired) electrons. The van der Waals surface area contributed by atoms with Crippen LogP contribution in [0.3, 0.4) is 0 Å². The Morgan fingerprint density at radius 1 is 0.784 bits per heavy atom. The lowest BCUT2D eigenvalue weighted by Crippen LogP contribution is -2.29. The maximum atomic E-state index is 13.5. The van der Waals surface area contributed by atoms with Crippen molar-refractivity contribution in [1.82, 2.24) is 0 Å². The number of aliphatic hydroxyl groups excluding tert-OH is 1. The van der Waals surface area contributed by atoms with E-state index in [4.69, 9.17) is 9.47 Å². The molecule has 3 aromatic rings. The lowest BCUT2D eigenvalue weighted by molar-refractivity contribution is -0.132. The SMILES string of the molecule is COc1cccc(OC)c1/C(O)=C1\C(=O)C(=O)N(c2ccc(C(C)C)cc2)C1c1ccc(C(C)C)cc1. The molecule has 4 rings (SSSR count). The van der Waals surface area contributed by atoms with Gasteiger partial charge in [-0.05, 0) is 52.8 Å². The van der Waals surface area contributed by atoms with E-state index in [2.05, 4.69) is 27.7 Å². The minimum Gasteiger partial charge on any atom is -0.506 e. The van der Waals surface area contributed by atoms with Crippen molar-refractivity contribution in [3.8, 4) is 11.5 Å². The average Bonchev–Trinajstić information content (AvgIpc) is 3.17. The number of Topliss-reactive ketones (excluding diaryl/α,β-unsaturated/α-hetero) is 1. The van der Waals surface area contributed by atoms with Gasteiger partial charge in [0.05, 0.1) is 25.8 Å². The van der Waals surface area contributed by atoms with Gasteiger partial charge in [0.1, 0.15) is 22.8 Å². The van der Waals surface area contributed by atoms with E-state index >= 15 is 0 Å². The summed E-state index contributed by atoms with van der Waals surface area (Å²) < 4.78 is 11.0. The standard InChI is InChI=1S/C31H33NO5/c1-18(2)20-10-12-22(13-11-20)28-27(29(33)26-24(36-5)8-7-9-25(26)37-6)30(34)31(35)32(28)23-16-14-21(15-17-23)19(3)4/h7-19,28,33H,1-6H3/b29-27+. The third kappa shape index (κ3) is 4.71. The second-order valence-electron chi connectivity index (χ2n) is 9.77. The highest BCUT2D eigenvalue weighted by atomic mass is 16.5. The van der Waals surface area contributed by atoms with Crippen LogP contribution in [0.1, 0.15) is 67.8 Å². The van der Waals surface area contributed by atoms with E-state index in [1.165, 1.54) is 19.1 Å². The van der Waals surface area contributed by atoms with Crippen molar-refractivity contribution < 1.29 is 24.2 Å². The van der Waals surface area contributed by atoms with Gasteiger partial charge in [-0.15, -0.1) is 0 Å². The highest BCUT2D eigenvalue weighted by molar-refractivity contribution is 6.51. The van der Waals surface area contributed by atoms with Crippen LogP contribution in [0.25, 0.3) is 5.76 Å². The van der Waals surface area contributed by atoms with E-state index in [0.29, 0.717) is 34.6 Å². The molecule has 1 amide bonds. The first-order valence-electron chi connectivity index (χ1n) is 12.4. The van der Waals surface area contributed by atoms with Gasteiger partial charge in [0.15, 0.2) is 0 Å². The predicted molar refractivity (Wildman–Crippen MR) is 145 cm³/mol. The number of carbonyl (C=O) groups is 2. The van der Waals surface area contributed by atoms with Crippen molar-refractivity contribution in [2.75, 3.05) is 19.1 Å². The second kappa shape index (κ2) is 10.5. The summed E-state index contributed by atoms with van der Waals surface area (Å²) in [6, 6.07) is 19.7.